The first-order valence-electron chi connectivity index (χ1n) is 7.24. The molecule has 0 radical (unpaired) electrons. The zero-order chi connectivity index (χ0) is 13.4. The first-order valence-corrected chi connectivity index (χ1v) is 8.06. The number of hydrogen-bond donors (Lipinski definition) is 1. The van der Waals surface area contributed by atoms with Crippen LogP contribution in [0, 0.1) is 13.8 Å². The van der Waals surface area contributed by atoms with Gasteiger partial charge >= 0.3 is 0 Å². The number of carbonyl (C=O) groups excluding carboxylic acids is 1. The summed E-state index contributed by atoms with van der Waals surface area (Å²) in [5, 5.41) is 3.49. The average Bonchev–Trinajstić information content (AvgIpc) is 3.12. The lowest BCUT2D eigenvalue weighted by atomic mass is 10.0. The van der Waals surface area contributed by atoms with Gasteiger partial charge in [-0.2, -0.15) is 0 Å². The standard InChI is InChI=1S/C15H22N2OS/c1-10-8-13(19-11(10)2)9-17-7-3-4-14(15(17)18)16-12-5-6-12/h8,12,14,16H,3-7,9H2,1-2H3. The molecule has 3 rings (SSSR count). The molecule has 3 nitrogen and oxygen atoms in total. The number of nitrogens with zero attached hydrogens (tertiary/aromatic N) is 1. The predicted molar refractivity (Wildman–Crippen MR) is 78.4 cm³/mol. The molecule has 2 fully saturated rings. The Morgan fingerprint density at radius 1 is 1.37 bits per heavy atom. The van der Waals surface area contributed by atoms with Gasteiger partial charge in [0.15, 0.2) is 0 Å². The van der Waals surface area contributed by atoms with E-state index in [9.17, 15) is 4.79 Å². The summed E-state index contributed by atoms with van der Waals surface area (Å²) in [6.45, 7) is 6.00. The van der Waals surface area contributed by atoms with Crippen LogP contribution in [0.1, 0.15) is 41.0 Å². The lowest BCUT2D eigenvalue weighted by molar-refractivity contribution is -0.136. The number of thiophene rings is 1. The molecule has 4 heteroatoms. The van der Waals surface area contributed by atoms with Gasteiger partial charge in [-0.3, -0.25) is 4.79 Å². The molecule has 1 aromatic rings. The van der Waals surface area contributed by atoms with Gasteiger partial charge < -0.3 is 10.2 Å². The van der Waals surface area contributed by atoms with Crippen molar-refractivity contribution in [2.75, 3.05) is 6.54 Å². The zero-order valence-corrected chi connectivity index (χ0v) is 12.6. The number of aryl methyl sites for hydroxylation is 2. The minimum atomic E-state index is 0.0726. The Hall–Kier alpha value is -0.870. The van der Waals surface area contributed by atoms with Gasteiger partial charge in [0.25, 0.3) is 0 Å². The molecule has 1 amide bonds. The van der Waals surface area contributed by atoms with E-state index in [2.05, 4.69) is 25.2 Å². The normalized spacial score (nSPS) is 24.0. The number of likely N-dealkylation sites (tertiary alicyclic amines) is 1. The minimum Gasteiger partial charge on any atom is -0.336 e. The van der Waals surface area contributed by atoms with Crippen molar-refractivity contribution >= 4 is 17.2 Å². The second kappa shape index (κ2) is 5.25. The molecule has 1 aromatic heterocycles. The smallest absolute Gasteiger partial charge is 0.240 e. The summed E-state index contributed by atoms with van der Waals surface area (Å²) in [4.78, 5) is 17.2. The van der Waals surface area contributed by atoms with Gasteiger partial charge in [-0.25, -0.2) is 0 Å². The number of piperidine rings is 1. The van der Waals surface area contributed by atoms with Crippen molar-refractivity contribution in [3.63, 3.8) is 0 Å². The highest BCUT2D eigenvalue weighted by Gasteiger charge is 2.33. The molecule has 1 saturated carbocycles. The Balaban J connectivity index is 1.64. The molecular weight excluding hydrogens is 256 g/mol. The molecule has 104 valence electrons. The molecule has 0 spiro atoms. The highest BCUT2D eigenvalue weighted by Crippen LogP contribution is 2.25. The van der Waals surface area contributed by atoms with Gasteiger partial charge in [0.1, 0.15) is 0 Å². The van der Waals surface area contributed by atoms with E-state index >= 15 is 0 Å². The van der Waals surface area contributed by atoms with Gasteiger partial charge in [0.2, 0.25) is 5.91 Å². The maximum absolute atomic E-state index is 12.5. The van der Waals surface area contributed by atoms with Crippen LogP contribution in [0.15, 0.2) is 6.07 Å². The highest BCUT2D eigenvalue weighted by molar-refractivity contribution is 7.12. The van der Waals surface area contributed by atoms with Crippen molar-refractivity contribution < 1.29 is 4.79 Å². The van der Waals surface area contributed by atoms with Crippen LogP contribution in [0.25, 0.3) is 0 Å². The quantitative estimate of drug-likeness (QED) is 0.918. The van der Waals surface area contributed by atoms with Crippen molar-refractivity contribution in [2.24, 2.45) is 0 Å². The lowest BCUT2D eigenvalue weighted by Crippen LogP contribution is -2.50. The van der Waals surface area contributed by atoms with Crippen molar-refractivity contribution in [3.05, 3.63) is 21.4 Å². The Bertz CT molecular complexity index is 459. The molecule has 1 N–H and O–H groups in total. The summed E-state index contributed by atoms with van der Waals surface area (Å²) < 4.78 is 0. The third kappa shape index (κ3) is 3.00. The number of hydrogen-bond acceptors (Lipinski definition) is 3. The molecular formula is C15H22N2OS. The maximum atomic E-state index is 12.5. The number of amides is 1. The monoisotopic (exact) mass is 278 g/mol. The van der Waals surface area contributed by atoms with E-state index in [-0.39, 0.29) is 6.04 Å². The number of carbonyl (C=O) groups is 1. The summed E-state index contributed by atoms with van der Waals surface area (Å²) in [6, 6.07) is 2.91. The summed E-state index contributed by atoms with van der Waals surface area (Å²) in [6.07, 6.45) is 4.62. The van der Waals surface area contributed by atoms with Crippen LogP contribution in [0.3, 0.4) is 0 Å². The minimum absolute atomic E-state index is 0.0726. The molecule has 0 aromatic carbocycles. The third-order valence-electron chi connectivity index (χ3n) is 4.11. The van der Waals surface area contributed by atoms with Crippen LogP contribution in [0.5, 0.6) is 0 Å². The molecule has 2 aliphatic rings. The molecule has 1 saturated heterocycles. The molecule has 2 heterocycles. The van der Waals surface area contributed by atoms with Crippen molar-refractivity contribution in [2.45, 2.75) is 58.2 Å². The summed E-state index contributed by atoms with van der Waals surface area (Å²) in [5.41, 5.74) is 1.34. The summed E-state index contributed by atoms with van der Waals surface area (Å²) >= 11 is 1.82. The van der Waals surface area contributed by atoms with E-state index in [0.717, 1.165) is 25.9 Å². The Labute approximate surface area is 119 Å². The fourth-order valence-corrected chi connectivity index (χ4v) is 3.77. The van der Waals surface area contributed by atoms with Gasteiger partial charge in [0.05, 0.1) is 12.6 Å². The Kier molecular flexibility index (Phi) is 3.63. The summed E-state index contributed by atoms with van der Waals surface area (Å²) in [5.74, 6) is 0.307. The van der Waals surface area contributed by atoms with Crippen LogP contribution in [-0.2, 0) is 11.3 Å². The largest absolute Gasteiger partial charge is 0.336 e. The van der Waals surface area contributed by atoms with Crippen LogP contribution in [-0.4, -0.2) is 29.4 Å². The molecule has 1 aliphatic heterocycles. The molecule has 1 aliphatic carbocycles. The van der Waals surface area contributed by atoms with E-state index in [4.69, 9.17) is 0 Å². The van der Waals surface area contributed by atoms with Crippen LogP contribution < -0.4 is 5.32 Å². The summed E-state index contributed by atoms with van der Waals surface area (Å²) in [7, 11) is 0. The first-order chi connectivity index (χ1) is 9.13. The number of rotatable bonds is 4. The van der Waals surface area contributed by atoms with Gasteiger partial charge in [-0.15, -0.1) is 11.3 Å². The number of nitrogens with one attached hydrogen (secondary N) is 1. The van der Waals surface area contributed by atoms with Gasteiger partial charge in [0, 0.05) is 22.3 Å². The maximum Gasteiger partial charge on any atom is 0.240 e. The Morgan fingerprint density at radius 3 is 2.79 bits per heavy atom. The van der Waals surface area contributed by atoms with Gasteiger partial charge in [-0.05, 0) is 51.2 Å². The van der Waals surface area contributed by atoms with E-state index in [1.807, 2.05) is 16.2 Å². The predicted octanol–water partition coefficient (Wildman–Crippen LogP) is 2.61. The van der Waals surface area contributed by atoms with Crippen LogP contribution in [0.4, 0.5) is 0 Å². The topological polar surface area (TPSA) is 32.3 Å². The second-order valence-corrected chi connectivity index (χ2v) is 7.19. The van der Waals surface area contributed by atoms with Crippen molar-refractivity contribution in [1.29, 1.82) is 0 Å². The molecule has 19 heavy (non-hydrogen) atoms. The van der Waals surface area contributed by atoms with Gasteiger partial charge in [-0.1, -0.05) is 0 Å². The fourth-order valence-electron chi connectivity index (χ4n) is 2.70. The first kappa shape index (κ1) is 13.1. The fraction of sp³-hybridized carbons (Fsp3) is 0.667. The zero-order valence-electron chi connectivity index (χ0n) is 11.7. The third-order valence-corrected chi connectivity index (χ3v) is 5.25. The lowest BCUT2D eigenvalue weighted by Gasteiger charge is -2.32. The van der Waals surface area contributed by atoms with Crippen LogP contribution >= 0.6 is 11.3 Å². The second-order valence-electron chi connectivity index (χ2n) is 5.85. The Morgan fingerprint density at radius 2 is 2.16 bits per heavy atom. The average molecular weight is 278 g/mol. The van der Waals surface area contributed by atoms with Crippen molar-refractivity contribution in [1.82, 2.24) is 10.2 Å². The van der Waals surface area contributed by atoms with E-state index in [1.165, 1.54) is 28.2 Å². The molecule has 1 unspecified atom stereocenters. The van der Waals surface area contributed by atoms with Crippen LogP contribution in [0.2, 0.25) is 0 Å². The van der Waals surface area contributed by atoms with E-state index in [0.29, 0.717) is 11.9 Å². The van der Waals surface area contributed by atoms with E-state index < -0.39 is 0 Å². The molecule has 0 bridgehead atoms. The van der Waals surface area contributed by atoms with Crippen molar-refractivity contribution in [3.8, 4) is 0 Å². The molecule has 1 atom stereocenters. The van der Waals surface area contributed by atoms with E-state index in [1.54, 1.807) is 0 Å². The SMILES string of the molecule is Cc1cc(CN2CCCC(NC3CC3)C2=O)sc1C. The highest BCUT2D eigenvalue weighted by atomic mass is 32.1.